The van der Waals surface area contributed by atoms with E-state index < -0.39 is 4.92 Å². The number of nitro benzene ring substituents is 1. The van der Waals surface area contributed by atoms with Gasteiger partial charge in [0.25, 0.3) is 5.69 Å². The Morgan fingerprint density at radius 1 is 1.50 bits per heavy atom. The van der Waals surface area contributed by atoms with E-state index in [4.69, 9.17) is 0 Å². The summed E-state index contributed by atoms with van der Waals surface area (Å²) in [5.74, 6) is 0.0222. The molecule has 2 rings (SSSR count). The first-order valence-corrected chi connectivity index (χ1v) is 5.85. The molecule has 0 saturated carbocycles. The summed E-state index contributed by atoms with van der Waals surface area (Å²) in [5, 5.41) is 13.9. The highest BCUT2D eigenvalue weighted by Crippen LogP contribution is 2.27. The van der Waals surface area contributed by atoms with E-state index in [1.165, 1.54) is 12.1 Å². The van der Waals surface area contributed by atoms with Crippen molar-refractivity contribution in [1.82, 2.24) is 10.2 Å². The lowest BCUT2D eigenvalue weighted by Crippen LogP contribution is -2.30. The van der Waals surface area contributed by atoms with Gasteiger partial charge in [-0.2, -0.15) is 0 Å². The molecular weight excluding hydrogens is 234 g/mol. The summed E-state index contributed by atoms with van der Waals surface area (Å²) in [7, 11) is 0. The maximum Gasteiger partial charge on any atom is 0.269 e. The maximum atomic E-state index is 11.9. The van der Waals surface area contributed by atoms with Crippen molar-refractivity contribution in [1.29, 1.82) is 0 Å². The molecule has 0 aromatic heterocycles. The molecule has 96 valence electrons. The van der Waals surface area contributed by atoms with Crippen LogP contribution in [0.5, 0.6) is 0 Å². The summed E-state index contributed by atoms with van der Waals surface area (Å²) in [5.41, 5.74) is 0.779. The molecule has 2 unspecified atom stereocenters. The molecule has 1 aromatic rings. The number of rotatable bonds is 3. The Morgan fingerprint density at radius 3 is 2.83 bits per heavy atom. The summed E-state index contributed by atoms with van der Waals surface area (Å²) < 4.78 is 0. The van der Waals surface area contributed by atoms with Crippen LogP contribution in [0, 0.1) is 10.1 Å². The monoisotopic (exact) mass is 249 g/mol. The third-order valence-electron chi connectivity index (χ3n) is 3.11. The Labute approximate surface area is 105 Å². The van der Waals surface area contributed by atoms with E-state index in [1.807, 2.05) is 6.92 Å². The summed E-state index contributed by atoms with van der Waals surface area (Å²) >= 11 is 0. The molecule has 1 aliphatic rings. The third kappa shape index (κ3) is 2.06. The van der Waals surface area contributed by atoms with Gasteiger partial charge in [0.1, 0.15) is 6.17 Å². The van der Waals surface area contributed by atoms with E-state index in [-0.39, 0.29) is 23.8 Å². The molecule has 6 nitrogen and oxygen atoms in total. The van der Waals surface area contributed by atoms with Gasteiger partial charge < -0.3 is 4.90 Å². The minimum atomic E-state index is -0.431. The van der Waals surface area contributed by atoms with Crippen LogP contribution >= 0.6 is 0 Å². The van der Waals surface area contributed by atoms with Gasteiger partial charge in [-0.3, -0.25) is 20.2 Å². The van der Waals surface area contributed by atoms with Crippen molar-refractivity contribution in [3.63, 3.8) is 0 Å². The Balaban J connectivity index is 2.34. The number of carbonyl (C=O) groups is 1. The van der Waals surface area contributed by atoms with Gasteiger partial charge >= 0.3 is 0 Å². The molecule has 2 atom stereocenters. The van der Waals surface area contributed by atoms with Gasteiger partial charge in [0.2, 0.25) is 5.91 Å². The van der Waals surface area contributed by atoms with Gasteiger partial charge in [0.15, 0.2) is 0 Å². The van der Waals surface area contributed by atoms with Crippen molar-refractivity contribution in [3.8, 4) is 0 Å². The second-order valence-corrected chi connectivity index (χ2v) is 4.27. The van der Waals surface area contributed by atoms with Crippen LogP contribution < -0.4 is 5.32 Å². The highest BCUT2D eigenvalue weighted by Gasteiger charge is 2.36. The number of amides is 1. The smallest absolute Gasteiger partial charge is 0.269 e. The topological polar surface area (TPSA) is 75.5 Å². The summed E-state index contributed by atoms with van der Waals surface area (Å²) in [6.07, 6.45) is -0.280. The van der Waals surface area contributed by atoms with Crippen molar-refractivity contribution in [2.24, 2.45) is 0 Å². The predicted molar refractivity (Wildman–Crippen MR) is 65.8 cm³/mol. The Hall–Kier alpha value is -1.95. The number of non-ortho nitro benzene ring substituents is 1. The lowest BCUT2D eigenvalue weighted by molar-refractivity contribution is -0.385. The number of benzene rings is 1. The highest BCUT2D eigenvalue weighted by atomic mass is 16.6. The van der Waals surface area contributed by atoms with E-state index in [2.05, 4.69) is 5.32 Å². The molecule has 0 aliphatic carbocycles. The normalized spacial score (nSPS) is 23.4. The molecule has 6 heteroatoms. The minimum absolute atomic E-state index is 0.0222. The van der Waals surface area contributed by atoms with Gasteiger partial charge in [-0.05, 0) is 19.4 Å². The van der Waals surface area contributed by atoms with Crippen molar-refractivity contribution in [2.75, 3.05) is 6.54 Å². The van der Waals surface area contributed by atoms with Crippen molar-refractivity contribution < 1.29 is 9.72 Å². The van der Waals surface area contributed by atoms with E-state index in [0.717, 1.165) is 5.56 Å². The zero-order chi connectivity index (χ0) is 13.3. The molecule has 1 amide bonds. The van der Waals surface area contributed by atoms with Gasteiger partial charge in [-0.1, -0.05) is 12.1 Å². The standard InChI is InChI=1S/C12H15N3O3/c1-3-14-11(13-8(2)12(14)16)9-5-4-6-10(7-9)15(17)18/h4-8,11,13H,3H2,1-2H3. The van der Waals surface area contributed by atoms with Crippen molar-refractivity contribution in [3.05, 3.63) is 39.9 Å². The van der Waals surface area contributed by atoms with Crippen LogP contribution in [0.3, 0.4) is 0 Å². The highest BCUT2D eigenvalue weighted by molar-refractivity contribution is 5.84. The number of hydrogen-bond acceptors (Lipinski definition) is 4. The third-order valence-corrected chi connectivity index (χ3v) is 3.11. The van der Waals surface area contributed by atoms with Gasteiger partial charge in [0, 0.05) is 18.7 Å². The van der Waals surface area contributed by atoms with Gasteiger partial charge in [0.05, 0.1) is 11.0 Å². The number of nitrogens with zero attached hydrogens (tertiary/aromatic N) is 2. The zero-order valence-electron chi connectivity index (χ0n) is 10.3. The lowest BCUT2D eigenvalue weighted by Gasteiger charge is -2.22. The van der Waals surface area contributed by atoms with Crippen LogP contribution in [0.1, 0.15) is 25.6 Å². The van der Waals surface area contributed by atoms with E-state index in [0.29, 0.717) is 6.54 Å². The minimum Gasteiger partial charge on any atom is -0.322 e. The lowest BCUT2D eigenvalue weighted by atomic mass is 10.1. The fourth-order valence-corrected chi connectivity index (χ4v) is 2.20. The van der Waals surface area contributed by atoms with Gasteiger partial charge in [-0.25, -0.2) is 0 Å². The summed E-state index contributed by atoms with van der Waals surface area (Å²) in [6, 6.07) is 6.12. The average Bonchev–Trinajstić information content (AvgIpc) is 2.65. The molecule has 1 heterocycles. The number of nitro groups is 1. The van der Waals surface area contributed by atoms with E-state index in [9.17, 15) is 14.9 Å². The first-order chi connectivity index (χ1) is 8.54. The fraction of sp³-hybridized carbons (Fsp3) is 0.417. The maximum absolute atomic E-state index is 11.9. The van der Waals surface area contributed by atoms with Crippen LogP contribution in [0.25, 0.3) is 0 Å². The molecule has 0 spiro atoms. The van der Waals surface area contributed by atoms with E-state index in [1.54, 1.807) is 24.0 Å². The second kappa shape index (κ2) is 4.73. The Bertz CT molecular complexity index is 489. The number of carbonyl (C=O) groups excluding carboxylic acids is 1. The Morgan fingerprint density at radius 2 is 2.22 bits per heavy atom. The molecule has 1 aromatic carbocycles. The molecule has 18 heavy (non-hydrogen) atoms. The second-order valence-electron chi connectivity index (χ2n) is 4.27. The summed E-state index contributed by atoms with van der Waals surface area (Å²) in [6.45, 7) is 4.26. The molecule has 1 aliphatic heterocycles. The van der Waals surface area contributed by atoms with Crippen LogP contribution in [-0.4, -0.2) is 28.3 Å². The molecule has 0 bridgehead atoms. The Kier molecular flexibility index (Phi) is 3.29. The van der Waals surface area contributed by atoms with E-state index >= 15 is 0 Å². The molecular formula is C12H15N3O3. The molecule has 1 N–H and O–H groups in total. The number of hydrogen-bond donors (Lipinski definition) is 1. The first-order valence-electron chi connectivity index (χ1n) is 5.85. The summed E-state index contributed by atoms with van der Waals surface area (Å²) in [4.78, 5) is 23.9. The van der Waals surface area contributed by atoms with Crippen molar-refractivity contribution >= 4 is 11.6 Å². The largest absolute Gasteiger partial charge is 0.322 e. The number of nitrogens with one attached hydrogen (secondary N) is 1. The van der Waals surface area contributed by atoms with Crippen LogP contribution in [-0.2, 0) is 4.79 Å². The molecule has 1 saturated heterocycles. The molecule has 1 fully saturated rings. The van der Waals surface area contributed by atoms with Crippen molar-refractivity contribution in [2.45, 2.75) is 26.1 Å². The van der Waals surface area contributed by atoms with Crippen LogP contribution in [0.4, 0.5) is 5.69 Å². The SMILES string of the molecule is CCN1C(=O)C(C)NC1c1cccc([N+](=O)[O-])c1. The van der Waals surface area contributed by atoms with Gasteiger partial charge in [-0.15, -0.1) is 0 Å². The average molecular weight is 249 g/mol. The zero-order valence-corrected chi connectivity index (χ0v) is 10.3. The quantitative estimate of drug-likeness (QED) is 0.649. The fourth-order valence-electron chi connectivity index (χ4n) is 2.20. The first kappa shape index (κ1) is 12.5. The molecule has 0 radical (unpaired) electrons. The predicted octanol–water partition coefficient (Wildman–Crippen LogP) is 1.43. The number of likely N-dealkylation sites (N-methyl/N-ethyl adjacent to an activating group) is 1. The van der Waals surface area contributed by atoms with Crippen LogP contribution in [0.2, 0.25) is 0 Å². The van der Waals surface area contributed by atoms with Crippen LogP contribution in [0.15, 0.2) is 24.3 Å².